The molecule has 2 aromatic carbocycles. The fourth-order valence-corrected chi connectivity index (χ4v) is 5.99. The zero-order valence-corrected chi connectivity index (χ0v) is 20.9. The molecule has 13 heteroatoms. The minimum absolute atomic E-state index is 0.0660. The average Bonchev–Trinajstić information content (AvgIpc) is 3.37. The molecule has 0 saturated carbocycles. The van der Waals surface area contributed by atoms with Crippen molar-refractivity contribution in [3.8, 4) is 17.2 Å². The Morgan fingerprint density at radius 1 is 1.10 bits per heavy atom. The standard InChI is InChI=1S/C26H21F5N4O3S/c27-11-18-10-23(35(15-18)39(37,38)22-4-2-21(28)3-5-22)25(36)34-13-17-7-16(12-32)8-20(9-17)19-1-6-24(33-14-19)26(29,30)31/h1-9,14,18,23H,10-11,13,15H2,(H,34,36)/t18-,23-/m0/s1. The molecule has 0 radical (unpaired) electrons. The van der Waals surface area contributed by atoms with Crippen molar-refractivity contribution in [2.45, 2.75) is 30.1 Å². The predicted molar refractivity (Wildman–Crippen MR) is 129 cm³/mol. The highest BCUT2D eigenvalue weighted by molar-refractivity contribution is 7.89. The zero-order chi connectivity index (χ0) is 28.4. The zero-order valence-electron chi connectivity index (χ0n) is 20.1. The van der Waals surface area contributed by atoms with Gasteiger partial charge in [-0.15, -0.1) is 0 Å². The lowest BCUT2D eigenvalue weighted by atomic mass is 10.0. The highest BCUT2D eigenvalue weighted by atomic mass is 32.2. The third kappa shape index (κ3) is 6.23. The number of aromatic nitrogens is 1. The number of alkyl halides is 4. The molecule has 1 fully saturated rings. The molecular weight excluding hydrogens is 543 g/mol. The van der Waals surface area contributed by atoms with E-state index in [0.29, 0.717) is 16.7 Å². The number of carbonyl (C=O) groups is 1. The largest absolute Gasteiger partial charge is 0.433 e. The molecule has 0 aliphatic carbocycles. The second-order valence-electron chi connectivity index (χ2n) is 8.98. The lowest BCUT2D eigenvalue weighted by Gasteiger charge is -2.23. The number of benzene rings is 2. The molecule has 1 amide bonds. The summed E-state index contributed by atoms with van der Waals surface area (Å²) in [5, 5.41) is 12.0. The van der Waals surface area contributed by atoms with E-state index >= 15 is 0 Å². The second kappa shape index (κ2) is 11.1. The van der Waals surface area contributed by atoms with E-state index in [4.69, 9.17) is 0 Å². The number of halogens is 5. The van der Waals surface area contributed by atoms with Crippen molar-refractivity contribution < 1.29 is 35.2 Å². The Bertz CT molecular complexity index is 1500. The molecule has 1 N–H and O–H groups in total. The molecular formula is C26H21F5N4O3S. The number of sulfonamides is 1. The molecule has 0 unspecified atom stereocenters. The van der Waals surface area contributed by atoms with Crippen LogP contribution in [0, 0.1) is 23.1 Å². The normalized spacial score (nSPS) is 18.1. The van der Waals surface area contributed by atoms with Crippen molar-refractivity contribution in [2.24, 2.45) is 5.92 Å². The van der Waals surface area contributed by atoms with Gasteiger partial charge in [0.2, 0.25) is 15.9 Å². The van der Waals surface area contributed by atoms with Gasteiger partial charge in [-0.2, -0.15) is 22.7 Å². The summed E-state index contributed by atoms with van der Waals surface area (Å²) in [6.07, 6.45) is -3.65. The Kier molecular flexibility index (Phi) is 7.99. The molecule has 204 valence electrons. The van der Waals surface area contributed by atoms with E-state index in [9.17, 15) is 40.4 Å². The van der Waals surface area contributed by atoms with Gasteiger partial charge >= 0.3 is 6.18 Å². The first-order chi connectivity index (χ1) is 18.4. The minimum atomic E-state index is -4.61. The number of nitrogens with zero attached hydrogens (tertiary/aromatic N) is 3. The van der Waals surface area contributed by atoms with Crippen molar-refractivity contribution in [1.29, 1.82) is 5.26 Å². The summed E-state index contributed by atoms with van der Waals surface area (Å²) >= 11 is 0. The molecule has 0 spiro atoms. The predicted octanol–water partition coefficient (Wildman–Crippen LogP) is 4.44. The lowest BCUT2D eigenvalue weighted by Crippen LogP contribution is -2.45. The van der Waals surface area contributed by atoms with Crippen molar-refractivity contribution in [3.05, 3.63) is 83.4 Å². The van der Waals surface area contributed by atoms with Gasteiger partial charge in [0.1, 0.15) is 17.6 Å². The molecule has 7 nitrogen and oxygen atoms in total. The first-order valence-corrected chi connectivity index (χ1v) is 13.0. The second-order valence-corrected chi connectivity index (χ2v) is 10.9. The summed E-state index contributed by atoms with van der Waals surface area (Å²) in [5.74, 6) is -2.05. The summed E-state index contributed by atoms with van der Waals surface area (Å²) in [6.45, 7) is -1.21. The van der Waals surface area contributed by atoms with Crippen LogP contribution < -0.4 is 5.32 Å². The van der Waals surface area contributed by atoms with Crippen LogP contribution in [-0.4, -0.2) is 42.9 Å². The number of nitriles is 1. The van der Waals surface area contributed by atoms with Gasteiger partial charge in [-0.3, -0.25) is 14.2 Å². The van der Waals surface area contributed by atoms with E-state index in [1.807, 2.05) is 6.07 Å². The van der Waals surface area contributed by atoms with Crippen molar-refractivity contribution >= 4 is 15.9 Å². The fraction of sp³-hybridized carbons (Fsp3) is 0.269. The van der Waals surface area contributed by atoms with Crippen LogP contribution in [0.25, 0.3) is 11.1 Å². The number of nitrogens with one attached hydrogen (secondary N) is 1. The number of hydrogen-bond acceptors (Lipinski definition) is 5. The molecule has 1 aromatic heterocycles. The van der Waals surface area contributed by atoms with E-state index in [-0.39, 0.29) is 30.0 Å². The topological polar surface area (TPSA) is 103 Å². The summed E-state index contributed by atoms with van der Waals surface area (Å²) in [7, 11) is -4.23. The number of pyridine rings is 1. The molecule has 4 rings (SSSR count). The molecule has 3 aromatic rings. The number of carbonyl (C=O) groups excluding carboxylic acids is 1. The van der Waals surface area contributed by atoms with Crippen molar-refractivity contribution in [1.82, 2.24) is 14.6 Å². The quantitative estimate of drug-likeness (QED) is 0.428. The van der Waals surface area contributed by atoms with E-state index < -0.39 is 52.3 Å². The summed E-state index contributed by atoms with van der Waals surface area (Å²) in [5.41, 5.74) is 0.225. The highest BCUT2D eigenvalue weighted by Gasteiger charge is 2.43. The van der Waals surface area contributed by atoms with Crippen LogP contribution in [0.3, 0.4) is 0 Å². The minimum Gasteiger partial charge on any atom is -0.351 e. The molecule has 1 saturated heterocycles. The Balaban J connectivity index is 1.54. The number of rotatable bonds is 7. The molecule has 0 bridgehead atoms. The smallest absolute Gasteiger partial charge is 0.351 e. The highest BCUT2D eigenvalue weighted by Crippen LogP contribution is 2.31. The van der Waals surface area contributed by atoms with E-state index in [0.717, 1.165) is 40.8 Å². The van der Waals surface area contributed by atoms with Gasteiger partial charge in [-0.25, -0.2) is 12.8 Å². The molecule has 2 heterocycles. The summed E-state index contributed by atoms with van der Waals surface area (Å²) in [6, 6.07) is 11.3. The first-order valence-electron chi connectivity index (χ1n) is 11.6. The van der Waals surface area contributed by atoms with Crippen LogP contribution in [0.2, 0.25) is 0 Å². The number of hydrogen-bond donors (Lipinski definition) is 1. The molecule has 2 atom stereocenters. The molecule has 1 aliphatic heterocycles. The van der Waals surface area contributed by atoms with Gasteiger partial charge in [-0.05, 0) is 66.1 Å². The van der Waals surface area contributed by atoms with Crippen molar-refractivity contribution in [2.75, 3.05) is 13.2 Å². The molecule has 1 aliphatic rings. The van der Waals surface area contributed by atoms with Crippen LogP contribution in [0.5, 0.6) is 0 Å². The monoisotopic (exact) mass is 564 g/mol. The average molecular weight is 565 g/mol. The van der Waals surface area contributed by atoms with Crippen LogP contribution in [0.1, 0.15) is 23.2 Å². The van der Waals surface area contributed by atoms with Gasteiger partial charge in [0, 0.05) is 30.8 Å². The molecule has 39 heavy (non-hydrogen) atoms. The Morgan fingerprint density at radius 3 is 2.41 bits per heavy atom. The van der Waals surface area contributed by atoms with Gasteiger partial charge in [0.15, 0.2) is 0 Å². The van der Waals surface area contributed by atoms with E-state index in [1.54, 1.807) is 6.07 Å². The summed E-state index contributed by atoms with van der Waals surface area (Å²) < 4.78 is 92.5. The van der Waals surface area contributed by atoms with Crippen LogP contribution in [0.15, 0.2) is 65.7 Å². The fourth-order valence-electron chi connectivity index (χ4n) is 4.31. The maximum atomic E-state index is 13.5. The van der Waals surface area contributed by atoms with Crippen LogP contribution >= 0.6 is 0 Å². The SMILES string of the molecule is N#Cc1cc(CNC(=O)[C@@H]2C[C@@H](CF)CN2S(=O)(=O)c2ccc(F)cc2)cc(-c2ccc(C(F)(F)F)nc2)c1. The maximum absolute atomic E-state index is 13.5. The van der Waals surface area contributed by atoms with Gasteiger partial charge in [-0.1, -0.05) is 6.07 Å². The Labute approximate surface area is 220 Å². The summed E-state index contributed by atoms with van der Waals surface area (Å²) in [4.78, 5) is 16.3. The lowest BCUT2D eigenvalue weighted by molar-refractivity contribution is -0.141. The first kappa shape index (κ1) is 28.1. The van der Waals surface area contributed by atoms with E-state index in [2.05, 4.69) is 10.3 Å². The van der Waals surface area contributed by atoms with Crippen molar-refractivity contribution in [3.63, 3.8) is 0 Å². The Hall–Kier alpha value is -3.89. The van der Waals surface area contributed by atoms with E-state index in [1.165, 1.54) is 18.2 Å². The third-order valence-electron chi connectivity index (χ3n) is 6.26. The van der Waals surface area contributed by atoms with Crippen LogP contribution in [0.4, 0.5) is 22.0 Å². The third-order valence-corrected chi connectivity index (χ3v) is 8.15. The van der Waals surface area contributed by atoms with Gasteiger partial charge in [0.05, 0.1) is 23.2 Å². The maximum Gasteiger partial charge on any atom is 0.433 e. The van der Waals surface area contributed by atoms with Crippen LogP contribution in [-0.2, 0) is 27.5 Å². The van der Waals surface area contributed by atoms with Gasteiger partial charge in [0.25, 0.3) is 0 Å². The van der Waals surface area contributed by atoms with Gasteiger partial charge < -0.3 is 5.32 Å². The number of amides is 1. The Morgan fingerprint density at radius 2 is 1.82 bits per heavy atom.